The van der Waals surface area contributed by atoms with Gasteiger partial charge in [-0.25, -0.2) is 4.79 Å². The van der Waals surface area contributed by atoms with Gasteiger partial charge < -0.3 is 15.0 Å². The molecule has 98 valence electrons. The van der Waals surface area contributed by atoms with Crippen molar-refractivity contribution in [1.29, 1.82) is 0 Å². The number of hydrogen-bond donors (Lipinski definition) is 1. The fraction of sp³-hybridized carbons (Fsp3) is 0.833. The summed E-state index contributed by atoms with van der Waals surface area (Å²) in [5.41, 5.74) is 0. The number of rotatable bonds is 3. The van der Waals surface area contributed by atoms with Gasteiger partial charge in [-0.3, -0.25) is 4.79 Å². The summed E-state index contributed by atoms with van der Waals surface area (Å²) in [5, 5.41) is 2.88. The van der Waals surface area contributed by atoms with Crippen molar-refractivity contribution in [3.8, 4) is 0 Å². The van der Waals surface area contributed by atoms with Crippen LogP contribution in [0.25, 0.3) is 0 Å². The SMILES string of the molecule is CCOC(=O)N1CC(CC)CC(NC(C)=O)C1. The standard InChI is InChI=1S/C12H22N2O3/c1-4-10-6-11(13-9(3)15)8-14(7-10)12(16)17-5-2/h10-11H,4-8H2,1-3H3,(H,13,15). The summed E-state index contributed by atoms with van der Waals surface area (Å²) in [6.45, 7) is 7.07. The molecule has 1 aliphatic rings. The predicted octanol–water partition coefficient (Wildman–Crippen LogP) is 1.38. The molecule has 0 bridgehead atoms. The Hall–Kier alpha value is -1.26. The average molecular weight is 242 g/mol. The van der Waals surface area contributed by atoms with Crippen molar-refractivity contribution in [1.82, 2.24) is 10.2 Å². The summed E-state index contributed by atoms with van der Waals surface area (Å²) in [6.07, 6.45) is 1.67. The van der Waals surface area contributed by atoms with Gasteiger partial charge in [0, 0.05) is 26.1 Å². The van der Waals surface area contributed by atoms with Gasteiger partial charge in [0.15, 0.2) is 0 Å². The van der Waals surface area contributed by atoms with Crippen molar-refractivity contribution in [3.63, 3.8) is 0 Å². The largest absolute Gasteiger partial charge is 0.450 e. The molecule has 0 aromatic heterocycles. The summed E-state index contributed by atoms with van der Waals surface area (Å²) in [7, 11) is 0. The van der Waals surface area contributed by atoms with E-state index < -0.39 is 0 Å². The summed E-state index contributed by atoms with van der Waals surface area (Å²) in [4.78, 5) is 24.4. The van der Waals surface area contributed by atoms with E-state index in [2.05, 4.69) is 12.2 Å². The van der Waals surface area contributed by atoms with E-state index in [1.165, 1.54) is 6.92 Å². The molecule has 0 saturated carbocycles. The molecule has 17 heavy (non-hydrogen) atoms. The number of carbonyl (C=O) groups excluding carboxylic acids is 2. The molecule has 0 radical (unpaired) electrons. The first-order valence-electron chi connectivity index (χ1n) is 6.25. The lowest BCUT2D eigenvalue weighted by Gasteiger charge is -2.37. The Morgan fingerprint density at radius 1 is 1.35 bits per heavy atom. The Labute approximate surface area is 102 Å². The van der Waals surface area contributed by atoms with E-state index in [1.807, 2.05) is 0 Å². The minimum absolute atomic E-state index is 0.0458. The predicted molar refractivity (Wildman–Crippen MR) is 64.6 cm³/mol. The molecule has 5 heteroatoms. The van der Waals surface area contributed by atoms with Crippen LogP contribution in [0.2, 0.25) is 0 Å². The van der Waals surface area contributed by atoms with E-state index in [9.17, 15) is 9.59 Å². The smallest absolute Gasteiger partial charge is 0.409 e. The van der Waals surface area contributed by atoms with E-state index in [1.54, 1.807) is 11.8 Å². The van der Waals surface area contributed by atoms with Crippen LogP contribution in [0.4, 0.5) is 4.79 Å². The Bertz CT molecular complexity index is 281. The third kappa shape index (κ3) is 4.24. The molecule has 2 atom stereocenters. The van der Waals surface area contributed by atoms with Crippen LogP contribution in [0.15, 0.2) is 0 Å². The third-order valence-electron chi connectivity index (χ3n) is 3.05. The van der Waals surface area contributed by atoms with Gasteiger partial charge in [0.2, 0.25) is 5.91 Å². The first-order valence-corrected chi connectivity index (χ1v) is 6.25. The number of piperidine rings is 1. The third-order valence-corrected chi connectivity index (χ3v) is 3.05. The molecular weight excluding hydrogens is 220 g/mol. The molecule has 0 aromatic rings. The summed E-state index contributed by atoms with van der Waals surface area (Å²) in [6, 6.07) is 0.0515. The lowest BCUT2D eigenvalue weighted by Crippen LogP contribution is -2.52. The van der Waals surface area contributed by atoms with Crippen LogP contribution in [-0.2, 0) is 9.53 Å². The maximum atomic E-state index is 11.7. The first kappa shape index (κ1) is 13.8. The second kappa shape index (κ2) is 6.47. The van der Waals surface area contributed by atoms with Crippen molar-refractivity contribution in [2.24, 2.45) is 5.92 Å². The Balaban J connectivity index is 2.59. The Kier molecular flexibility index (Phi) is 5.25. The van der Waals surface area contributed by atoms with Gasteiger partial charge in [0.25, 0.3) is 0 Å². The summed E-state index contributed by atoms with van der Waals surface area (Å²) < 4.78 is 5.00. The topological polar surface area (TPSA) is 58.6 Å². The molecule has 1 heterocycles. The monoisotopic (exact) mass is 242 g/mol. The molecular formula is C12H22N2O3. The molecule has 5 nitrogen and oxygen atoms in total. The van der Waals surface area contributed by atoms with Crippen molar-refractivity contribution in [2.45, 2.75) is 39.7 Å². The number of hydrogen-bond acceptors (Lipinski definition) is 3. The normalized spacial score (nSPS) is 24.3. The Morgan fingerprint density at radius 2 is 2.06 bits per heavy atom. The minimum Gasteiger partial charge on any atom is -0.450 e. The van der Waals surface area contributed by atoms with E-state index in [4.69, 9.17) is 4.74 Å². The average Bonchev–Trinajstić information content (AvgIpc) is 2.28. The summed E-state index contributed by atoms with van der Waals surface area (Å²) >= 11 is 0. The zero-order valence-electron chi connectivity index (χ0n) is 10.9. The summed E-state index contributed by atoms with van der Waals surface area (Å²) in [5.74, 6) is 0.389. The number of nitrogens with zero attached hydrogens (tertiary/aromatic N) is 1. The second-order valence-corrected chi connectivity index (χ2v) is 4.51. The van der Waals surface area contributed by atoms with Crippen molar-refractivity contribution in [3.05, 3.63) is 0 Å². The van der Waals surface area contributed by atoms with E-state index in [0.717, 1.165) is 19.4 Å². The van der Waals surface area contributed by atoms with Gasteiger partial charge in [-0.2, -0.15) is 0 Å². The molecule has 2 amide bonds. The molecule has 0 aliphatic carbocycles. The maximum Gasteiger partial charge on any atom is 0.409 e. The van der Waals surface area contributed by atoms with Crippen molar-refractivity contribution < 1.29 is 14.3 Å². The van der Waals surface area contributed by atoms with Crippen LogP contribution in [0, 0.1) is 5.92 Å². The molecule has 0 aromatic carbocycles. The van der Waals surface area contributed by atoms with E-state index in [-0.39, 0.29) is 18.0 Å². The van der Waals surface area contributed by atoms with Crippen LogP contribution >= 0.6 is 0 Å². The van der Waals surface area contributed by atoms with Gasteiger partial charge in [-0.15, -0.1) is 0 Å². The molecule has 1 N–H and O–H groups in total. The molecule has 0 spiro atoms. The zero-order valence-corrected chi connectivity index (χ0v) is 10.9. The van der Waals surface area contributed by atoms with Gasteiger partial charge >= 0.3 is 6.09 Å². The number of carbonyl (C=O) groups is 2. The fourth-order valence-corrected chi connectivity index (χ4v) is 2.26. The molecule has 1 rings (SSSR count). The number of ether oxygens (including phenoxy) is 1. The van der Waals surface area contributed by atoms with Gasteiger partial charge in [-0.1, -0.05) is 13.3 Å². The molecule has 2 unspecified atom stereocenters. The molecule has 1 aliphatic heterocycles. The second-order valence-electron chi connectivity index (χ2n) is 4.51. The fourth-order valence-electron chi connectivity index (χ4n) is 2.26. The van der Waals surface area contributed by atoms with E-state index >= 15 is 0 Å². The first-order chi connectivity index (χ1) is 8.06. The number of likely N-dealkylation sites (tertiary alicyclic amines) is 1. The highest BCUT2D eigenvalue weighted by Crippen LogP contribution is 2.20. The van der Waals surface area contributed by atoms with Crippen molar-refractivity contribution >= 4 is 12.0 Å². The minimum atomic E-state index is -0.277. The zero-order chi connectivity index (χ0) is 12.8. The van der Waals surface area contributed by atoms with Crippen LogP contribution in [-0.4, -0.2) is 42.6 Å². The number of nitrogens with one attached hydrogen (secondary N) is 1. The molecule has 1 fully saturated rings. The van der Waals surface area contributed by atoms with E-state index in [0.29, 0.717) is 19.1 Å². The van der Waals surface area contributed by atoms with Crippen LogP contribution in [0.3, 0.4) is 0 Å². The van der Waals surface area contributed by atoms with Crippen LogP contribution in [0.1, 0.15) is 33.6 Å². The van der Waals surface area contributed by atoms with Gasteiger partial charge in [0.1, 0.15) is 0 Å². The van der Waals surface area contributed by atoms with Crippen molar-refractivity contribution in [2.75, 3.05) is 19.7 Å². The van der Waals surface area contributed by atoms with Crippen LogP contribution in [0.5, 0.6) is 0 Å². The lowest BCUT2D eigenvalue weighted by atomic mass is 9.92. The Morgan fingerprint density at radius 3 is 2.59 bits per heavy atom. The quantitative estimate of drug-likeness (QED) is 0.813. The maximum absolute atomic E-state index is 11.7. The van der Waals surface area contributed by atoms with Gasteiger partial charge in [0.05, 0.1) is 6.61 Å². The van der Waals surface area contributed by atoms with Crippen LogP contribution < -0.4 is 5.32 Å². The van der Waals surface area contributed by atoms with Gasteiger partial charge in [-0.05, 0) is 19.3 Å². The lowest BCUT2D eigenvalue weighted by molar-refractivity contribution is -0.120. The number of amides is 2. The highest BCUT2D eigenvalue weighted by atomic mass is 16.6. The molecule has 1 saturated heterocycles. The highest BCUT2D eigenvalue weighted by molar-refractivity contribution is 5.73. The highest BCUT2D eigenvalue weighted by Gasteiger charge is 2.30.